The second-order valence-corrected chi connectivity index (χ2v) is 6.09. The van der Waals surface area contributed by atoms with Crippen LogP contribution in [-0.4, -0.2) is 6.04 Å². The minimum atomic E-state index is -0.0159. The van der Waals surface area contributed by atoms with E-state index in [-0.39, 0.29) is 6.04 Å². The molecule has 3 aromatic rings. The zero-order valence-electron chi connectivity index (χ0n) is 14.4. The summed E-state index contributed by atoms with van der Waals surface area (Å²) >= 11 is 0. The van der Waals surface area contributed by atoms with Gasteiger partial charge in [0.25, 0.3) is 0 Å². The first kappa shape index (κ1) is 16.0. The third kappa shape index (κ3) is 3.45. The lowest BCUT2D eigenvalue weighted by Gasteiger charge is -2.33. The van der Waals surface area contributed by atoms with Crippen molar-refractivity contribution >= 4 is 11.4 Å². The molecule has 26 heavy (non-hydrogen) atoms. The zero-order valence-corrected chi connectivity index (χ0v) is 14.4. The molecule has 0 spiro atoms. The Labute approximate surface area is 154 Å². The summed E-state index contributed by atoms with van der Waals surface area (Å²) < 4.78 is 0. The van der Waals surface area contributed by atoms with E-state index in [1.165, 1.54) is 5.56 Å². The topological polar surface area (TPSA) is 3.24 Å². The van der Waals surface area contributed by atoms with Gasteiger partial charge in [0, 0.05) is 16.9 Å². The Balaban J connectivity index is 1.76. The van der Waals surface area contributed by atoms with Crippen molar-refractivity contribution in [2.45, 2.75) is 6.04 Å². The van der Waals surface area contributed by atoms with Gasteiger partial charge in [0.1, 0.15) is 6.04 Å². The van der Waals surface area contributed by atoms with Gasteiger partial charge in [-0.15, -0.1) is 0 Å². The fraction of sp³-hybridized carbons (Fsp3) is 0.0400. The quantitative estimate of drug-likeness (QED) is 0.558. The summed E-state index contributed by atoms with van der Waals surface area (Å²) in [4.78, 5) is 2.30. The van der Waals surface area contributed by atoms with Gasteiger partial charge in [0.2, 0.25) is 0 Å². The maximum atomic E-state index is 3.43. The van der Waals surface area contributed by atoms with Gasteiger partial charge in [-0.2, -0.15) is 0 Å². The molecule has 1 heterocycles. The second-order valence-electron chi connectivity index (χ2n) is 6.09. The SMILES string of the molecule is C(#CC1C=CC=C(c2ccccc2)N1c1ccccc1)c1ccccc1. The Kier molecular flexibility index (Phi) is 4.67. The zero-order chi connectivity index (χ0) is 17.6. The summed E-state index contributed by atoms with van der Waals surface area (Å²) in [7, 11) is 0. The van der Waals surface area contributed by atoms with E-state index in [9.17, 15) is 0 Å². The summed E-state index contributed by atoms with van der Waals surface area (Å²) in [6, 6.07) is 31.0. The molecule has 0 radical (unpaired) electrons. The highest BCUT2D eigenvalue weighted by atomic mass is 15.2. The number of hydrogen-bond donors (Lipinski definition) is 0. The van der Waals surface area contributed by atoms with Crippen LogP contribution in [0.3, 0.4) is 0 Å². The molecule has 0 saturated carbocycles. The minimum Gasteiger partial charge on any atom is -0.323 e. The van der Waals surface area contributed by atoms with E-state index in [2.05, 4.69) is 83.5 Å². The van der Waals surface area contributed by atoms with Crippen molar-refractivity contribution in [3.05, 3.63) is 120 Å². The lowest BCUT2D eigenvalue weighted by molar-refractivity contribution is 0.966. The Bertz CT molecular complexity index is 974. The molecule has 4 rings (SSSR count). The average Bonchev–Trinajstić information content (AvgIpc) is 2.74. The van der Waals surface area contributed by atoms with Gasteiger partial charge in [-0.05, 0) is 42.0 Å². The van der Waals surface area contributed by atoms with Gasteiger partial charge in [0.05, 0.1) is 0 Å². The lowest BCUT2D eigenvalue weighted by atomic mass is 10.0. The highest BCUT2D eigenvalue weighted by Gasteiger charge is 2.22. The van der Waals surface area contributed by atoms with Gasteiger partial charge in [-0.3, -0.25) is 0 Å². The number of hydrogen-bond acceptors (Lipinski definition) is 1. The fourth-order valence-corrected chi connectivity index (χ4v) is 3.09. The minimum absolute atomic E-state index is 0.0159. The molecule has 3 aromatic carbocycles. The number of anilines is 1. The van der Waals surface area contributed by atoms with Crippen LogP contribution in [0.2, 0.25) is 0 Å². The molecule has 0 aliphatic carbocycles. The average molecular weight is 333 g/mol. The standard InChI is InChI=1S/C25H19N/c1-4-11-21(12-5-1)19-20-24-17-10-18-25(22-13-6-2-7-14-22)26(24)23-15-8-3-9-16-23/h1-18,24H. The van der Waals surface area contributed by atoms with Crippen molar-refractivity contribution in [3.63, 3.8) is 0 Å². The lowest BCUT2D eigenvalue weighted by Crippen LogP contribution is -2.33. The van der Waals surface area contributed by atoms with Crippen LogP contribution >= 0.6 is 0 Å². The molecule has 1 nitrogen and oxygen atoms in total. The van der Waals surface area contributed by atoms with Gasteiger partial charge < -0.3 is 4.90 Å². The van der Waals surface area contributed by atoms with E-state index in [0.717, 1.165) is 16.9 Å². The molecule has 1 unspecified atom stereocenters. The van der Waals surface area contributed by atoms with Crippen molar-refractivity contribution in [1.29, 1.82) is 0 Å². The number of allylic oxidation sites excluding steroid dienone is 2. The van der Waals surface area contributed by atoms with E-state index in [1.54, 1.807) is 0 Å². The molecular formula is C25H19N. The Morgan fingerprint density at radius 3 is 2.00 bits per heavy atom. The van der Waals surface area contributed by atoms with Crippen LogP contribution in [0.4, 0.5) is 5.69 Å². The molecule has 1 aliphatic rings. The predicted octanol–water partition coefficient (Wildman–Crippen LogP) is 5.52. The van der Waals surface area contributed by atoms with E-state index >= 15 is 0 Å². The number of rotatable bonds is 2. The molecule has 0 N–H and O–H groups in total. The first-order valence-corrected chi connectivity index (χ1v) is 8.76. The summed E-state index contributed by atoms with van der Waals surface area (Å²) in [5, 5.41) is 0. The molecule has 0 aromatic heterocycles. The van der Waals surface area contributed by atoms with E-state index in [4.69, 9.17) is 0 Å². The smallest absolute Gasteiger partial charge is 0.114 e. The summed E-state index contributed by atoms with van der Waals surface area (Å²) in [6.07, 6.45) is 6.41. The maximum Gasteiger partial charge on any atom is 0.114 e. The summed E-state index contributed by atoms with van der Waals surface area (Å²) in [5.41, 5.74) is 4.52. The monoisotopic (exact) mass is 333 g/mol. The van der Waals surface area contributed by atoms with Crippen LogP contribution in [0.25, 0.3) is 5.70 Å². The van der Waals surface area contributed by atoms with Crippen LogP contribution in [0.5, 0.6) is 0 Å². The molecule has 0 fully saturated rings. The Morgan fingerprint density at radius 1 is 0.692 bits per heavy atom. The predicted molar refractivity (Wildman–Crippen MR) is 110 cm³/mol. The van der Waals surface area contributed by atoms with E-state index < -0.39 is 0 Å². The van der Waals surface area contributed by atoms with Crippen molar-refractivity contribution in [2.75, 3.05) is 4.90 Å². The third-order valence-electron chi connectivity index (χ3n) is 4.33. The molecule has 0 amide bonds. The first-order chi connectivity index (χ1) is 12.9. The first-order valence-electron chi connectivity index (χ1n) is 8.76. The molecule has 1 aliphatic heterocycles. The van der Waals surface area contributed by atoms with Crippen LogP contribution in [0.15, 0.2) is 109 Å². The van der Waals surface area contributed by atoms with Gasteiger partial charge >= 0.3 is 0 Å². The Morgan fingerprint density at radius 2 is 1.31 bits per heavy atom. The molecule has 0 bridgehead atoms. The fourth-order valence-electron chi connectivity index (χ4n) is 3.09. The molecular weight excluding hydrogens is 314 g/mol. The molecule has 0 saturated heterocycles. The number of para-hydroxylation sites is 1. The number of nitrogens with zero attached hydrogens (tertiary/aromatic N) is 1. The largest absolute Gasteiger partial charge is 0.323 e. The second kappa shape index (κ2) is 7.59. The van der Waals surface area contributed by atoms with Gasteiger partial charge in [-0.1, -0.05) is 84.6 Å². The molecule has 1 heteroatoms. The molecule has 1 atom stereocenters. The summed E-state index contributed by atoms with van der Waals surface area (Å²) in [5.74, 6) is 6.75. The van der Waals surface area contributed by atoms with Crippen LogP contribution in [0.1, 0.15) is 11.1 Å². The highest BCUT2D eigenvalue weighted by Crippen LogP contribution is 2.31. The highest BCUT2D eigenvalue weighted by molar-refractivity contribution is 5.83. The van der Waals surface area contributed by atoms with Crippen molar-refractivity contribution < 1.29 is 0 Å². The van der Waals surface area contributed by atoms with Crippen LogP contribution < -0.4 is 4.90 Å². The van der Waals surface area contributed by atoms with Crippen molar-refractivity contribution in [2.24, 2.45) is 0 Å². The normalized spacial score (nSPS) is 15.8. The maximum absolute atomic E-state index is 3.43. The van der Waals surface area contributed by atoms with Crippen LogP contribution in [0, 0.1) is 11.8 Å². The number of benzene rings is 3. The molecule has 124 valence electrons. The van der Waals surface area contributed by atoms with E-state index in [1.807, 2.05) is 42.5 Å². The van der Waals surface area contributed by atoms with Gasteiger partial charge in [0.15, 0.2) is 0 Å². The Hall–Kier alpha value is -3.50. The van der Waals surface area contributed by atoms with Gasteiger partial charge in [-0.25, -0.2) is 0 Å². The van der Waals surface area contributed by atoms with Crippen LogP contribution in [-0.2, 0) is 0 Å². The van der Waals surface area contributed by atoms with Crippen molar-refractivity contribution in [3.8, 4) is 11.8 Å². The van der Waals surface area contributed by atoms with E-state index in [0.29, 0.717) is 0 Å². The van der Waals surface area contributed by atoms with Crippen molar-refractivity contribution in [1.82, 2.24) is 0 Å². The summed E-state index contributed by atoms with van der Waals surface area (Å²) in [6.45, 7) is 0. The third-order valence-corrected chi connectivity index (χ3v) is 4.33.